The van der Waals surface area contributed by atoms with Crippen molar-refractivity contribution in [2.45, 2.75) is 155 Å². The Labute approximate surface area is 594 Å². The summed E-state index contributed by atoms with van der Waals surface area (Å²) in [7, 11) is 0. The highest BCUT2D eigenvalue weighted by molar-refractivity contribution is 9.10. The molecule has 8 N–H and O–H groups in total. The number of rotatable bonds is 16. The molecule has 35 heteroatoms. The van der Waals surface area contributed by atoms with Gasteiger partial charge in [0.15, 0.2) is 17.5 Å². The van der Waals surface area contributed by atoms with E-state index in [-0.39, 0.29) is 120 Å². The van der Waals surface area contributed by atoms with E-state index in [0.717, 1.165) is 75.5 Å². The van der Waals surface area contributed by atoms with Crippen LogP contribution < -0.4 is 22.9 Å². The first kappa shape index (κ1) is 77.6. The summed E-state index contributed by atoms with van der Waals surface area (Å²) in [5.41, 5.74) is 27.1. The van der Waals surface area contributed by atoms with Gasteiger partial charge in [0.1, 0.15) is 58.2 Å². The minimum Gasteiger partial charge on any atom is -0.333 e. The Morgan fingerprint density at radius 3 is 1.11 bits per heavy atom. The van der Waals surface area contributed by atoms with Crippen molar-refractivity contribution in [2.24, 2.45) is 22.9 Å². The standard InChI is InChI=1S/C17H19BrF2N4O.C17H19F3N4O.C17H20F2N4O.C16H15BrF5N5O/c1-10-8-23-2-3-24(9-16(23)22-10)17(25)6-12(21)4-11-5-15(20)13(18)7-14(11)19;1-10-8-23-2-3-24(9-16(23)22-10)17(25)6-12(21)4-11-5-14(19)15(20)7-13(11)18;1-11-9-22-4-5-23(10-16(22)21-11)17(24)8-14(20)6-12-2-3-13(18)7-15(12)19;17-10-6-11(18)8(4-12(10)19)3-9(23)5-14(28)26-1-2-27-13(7-26)24-25-15(27)16(20,21)22/h2*5,7-8,12H,2-4,6,9,21H2,1H3;2-3,7,9,14H,4-6,8,10,20H2,1H3;4,6,9H,1-3,5,7,23H2/t2*12-;14-;9-/m1111/s1. The fourth-order valence-electron chi connectivity index (χ4n) is 12.1. The molecule has 0 bridgehead atoms. The molecule has 4 aromatic carbocycles. The van der Waals surface area contributed by atoms with Gasteiger partial charge in [-0.2, -0.15) is 13.2 Å². The Morgan fingerprint density at radius 2 is 0.735 bits per heavy atom. The lowest BCUT2D eigenvalue weighted by Crippen LogP contribution is -2.42. The number of hydrogen-bond donors (Lipinski definition) is 4. The van der Waals surface area contributed by atoms with Gasteiger partial charge in [-0.3, -0.25) is 19.2 Å². The van der Waals surface area contributed by atoms with Gasteiger partial charge in [-0.25, -0.2) is 54.5 Å². The summed E-state index contributed by atoms with van der Waals surface area (Å²) in [6, 6.07) is 6.29. The quantitative estimate of drug-likeness (QED) is 0.0521. The van der Waals surface area contributed by atoms with Gasteiger partial charge >= 0.3 is 6.18 Å². The normalized spacial score (nSPS) is 15.3. The second-order valence-corrected chi connectivity index (χ2v) is 27.0. The summed E-state index contributed by atoms with van der Waals surface area (Å²) in [6.07, 6.45) is 1.47. The molecule has 0 fully saturated rings. The lowest BCUT2D eigenvalue weighted by atomic mass is 10.0. The molecule has 4 amide bonds. The number of aryl methyl sites for hydroxylation is 3. The highest BCUT2D eigenvalue weighted by Crippen LogP contribution is 2.31. The molecule has 0 radical (unpaired) electrons. The summed E-state index contributed by atoms with van der Waals surface area (Å²) in [5, 5.41) is 6.65. The van der Waals surface area contributed by atoms with E-state index in [2.05, 4.69) is 57.0 Å². The van der Waals surface area contributed by atoms with Gasteiger partial charge in [0.25, 0.3) is 0 Å². The molecule has 8 aromatic rings. The number of amides is 4. The number of carbonyl (C=O) groups excluding carboxylic acids is 4. The van der Waals surface area contributed by atoms with E-state index in [1.807, 2.05) is 53.1 Å². The highest BCUT2D eigenvalue weighted by Gasteiger charge is 2.40. The molecular formula is C67H73Br2F12N17O4. The maximum Gasteiger partial charge on any atom is 0.451 e. The number of benzene rings is 4. The summed E-state index contributed by atoms with van der Waals surface area (Å²) in [4.78, 5) is 69.3. The summed E-state index contributed by atoms with van der Waals surface area (Å²) in [6.45, 7) is 10.7. The van der Waals surface area contributed by atoms with E-state index in [1.165, 1.54) is 17.0 Å². The average Bonchev–Trinajstić information content (AvgIpc) is 1.63. The Balaban J connectivity index is 0.000000158. The molecule has 4 aromatic heterocycles. The van der Waals surface area contributed by atoms with Crippen LogP contribution in [-0.4, -0.2) is 137 Å². The molecule has 548 valence electrons. The average molecular weight is 1570 g/mol. The van der Waals surface area contributed by atoms with Crippen molar-refractivity contribution < 1.29 is 71.9 Å². The molecule has 21 nitrogen and oxygen atoms in total. The van der Waals surface area contributed by atoms with E-state index in [1.54, 1.807) is 14.7 Å². The Hall–Kier alpha value is -8.51. The number of aromatic nitrogens is 9. The van der Waals surface area contributed by atoms with Gasteiger partial charge in [0.05, 0.1) is 52.2 Å². The van der Waals surface area contributed by atoms with Crippen molar-refractivity contribution in [3.8, 4) is 0 Å². The zero-order valence-corrected chi connectivity index (χ0v) is 58.6. The number of nitrogens with zero attached hydrogens (tertiary/aromatic N) is 13. The molecule has 0 unspecified atom stereocenters. The smallest absolute Gasteiger partial charge is 0.333 e. The monoisotopic (exact) mass is 1570 g/mol. The van der Waals surface area contributed by atoms with Crippen molar-refractivity contribution in [1.29, 1.82) is 0 Å². The number of carbonyl (C=O) groups is 4. The van der Waals surface area contributed by atoms with Crippen molar-refractivity contribution in [2.75, 3.05) is 26.2 Å². The second kappa shape index (κ2) is 33.7. The third-order valence-electron chi connectivity index (χ3n) is 17.1. The number of fused-ring (bicyclic) bond motifs is 4. The minimum absolute atomic E-state index is 0.00186. The molecule has 0 saturated carbocycles. The number of alkyl halides is 3. The van der Waals surface area contributed by atoms with Gasteiger partial charge in [-0.1, -0.05) is 6.07 Å². The topological polar surface area (TPSA) is 269 Å². The first-order chi connectivity index (χ1) is 48.1. The number of halogens is 14. The maximum absolute atomic E-state index is 13.9. The largest absolute Gasteiger partial charge is 0.451 e. The lowest BCUT2D eigenvalue weighted by Gasteiger charge is -2.29. The highest BCUT2D eigenvalue weighted by atomic mass is 79.9. The molecule has 4 atom stereocenters. The molecule has 4 aliphatic rings. The molecule has 102 heavy (non-hydrogen) atoms. The van der Waals surface area contributed by atoms with Crippen LogP contribution in [0.2, 0.25) is 0 Å². The van der Waals surface area contributed by atoms with Crippen LogP contribution >= 0.6 is 31.9 Å². The molecule has 4 aliphatic heterocycles. The summed E-state index contributed by atoms with van der Waals surface area (Å²) >= 11 is 5.81. The molecular weight excluding hydrogens is 1490 g/mol. The Morgan fingerprint density at radius 1 is 0.412 bits per heavy atom. The SMILES string of the molecule is Cc1cn2c(n1)CN(C(=O)C[C@H](N)Cc1cc(F)c(Br)cc1F)CC2.Cc1cn2c(n1)CN(C(=O)C[C@H](N)Cc1cc(F)c(F)cc1F)CC2.Cc1cn2c(n1)CN(C(=O)C[C@H](N)Cc1ccc(F)cc1F)CC2.N[C@@H](CC(=O)N1CCn2c(nnc2C(F)(F)F)C1)Cc1cc(F)c(Br)cc1F. The van der Waals surface area contributed by atoms with Crippen LogP contribution in [0.25, 0.3) is 0 Å². The molecule has 0 aliphatic carbocycles. The van der Waals surface area contributed by atoms with Gasteiger partial charge in [-0.05, 0) is 137 Å². The molecule has 0 spiro atoms. The number of hydrogen-bond acceptors (Lipinski definition) is 13. The zero-order chi connectivity index (χ0) is 74.2. The zero-order valence-electron chi connectivity index (χ0n) is 55.4. The van der Waals surface area contributed by atoms with Crippen molar-refractivity contribution >= 4 is 55.5 Å². The fourth-order valence-corrected chi connectivity index (χ4v) is 12.7. The fraction of sp³-hybridized carbons (Fsp3) is 0.418. The van der Waals surface area contributed by atoms with E-state index in [9.17, 15) is 71.9 Å². The van der Waals surface area contributed by atoms with Crippen LogP contribution in [0.3, 0.4) is 0 Å². The van der Waals surface area contributed by atoms with Gasteiger partial charge in [0.2, 0.25) is 29.5 Å². The third-order valence-corrected chi connectivity index (χ3v) is 18.4. The lowest BCUT2D eigenvalue weighted by molar-refractivity contribution is -0.148. The van der Waals surface area contributed by atoms with Crippen molar-refractivity contribution in [3.05, 3.63) is 203 Å². The Bertz CT molecular complexity index is 4220. The first-order valence-electron chi connectivity index (χ1n) is 32.2. The van der Waals surface area contributed by atoms with Crippen LogP contribution in [0.15, 0.2) is 82.1 Å². The van der Waals surface area contributed by atoms with Crippen LogP contribution in [0, 0.1) is 73.1 Å². The third kappa shape index (κ3) is 20.4. The van der Waals surface area contributed by atoms with Crippen LogP contribution in [0.5, 0.6) is 0 Å². The number of imidazole rings is 3. The summed E-state index contributed by atoms with van der Waals surface area (Å²) < 4.78 is 167. The Kier molecular flexibility index (Phi) is 25.7. The van der Waals surface area contributed by atoms with Gasteiger partial charge in [-0.15, -0.1) is 10.2 Å². The first-order valence-corrected chi connectivity index (χ1v) is 33.8. The molecule has 12 rings (SSSR count). The van der Waals surface area contributed by atoms with E-state index in [4.69, 9.17) is 22.9 Å². The summed E-state index contributed by atoms with van der Waals surface area (Å²) in [5.74, 6) is -6.16. The van der Waals surface area contributed by atoms with Crippen LogP contribution in [0.4, 0.5) is 52.7 Å². The van der Waals surface area contributed by atoms with Crippen LogP contribution in [-0.2, 0) is 103 Å². The molecule has 8 heterocycles. The van der Waals surface area contributed by atoms with Crippen molar-refractivity contribution in [1.82, 2.24) is 63.0 Å². The van der Waals surface area contributed by atoms with Crippen molar-refractivity contribution in [3.63, 3.8) is 0 Å². The maximum atomic E-state index is 13.9. The van der Waals surface area contributed by atoms with E-state index >= 15 is 0 Å². The van der Waals surface area contributed by atoms with Gasteiger partial charge < -0.3 is 60.8 Å². The van der Waals surface area contributed by atoms with Gasteiger partial charge in [0, 0.05) is 133 Å². The predicted molar refractivity (Wildman–Crippen MR) is 354 cm³/mol. The minimum atomic E-state index is -4.62. The second-order valence-electron chi connectivity index (χ2n) is 25.3. The number of nitrogens with two attached hydrogens (primary N) is 4. The van der Waals surface area contributed by atoms with E-state index < -0.39 is 94.4 Å². The predicted octanol–water partition coefficient (Wildman–Crippen LogP) is 8.86. The molecule has 0 saturated heterocycles. The van der Waals surface area contributed by atoms with Crippen LogP contribution in [0.1, 0.15) is 94.1 Å². The van der Waals surface area contributed by atoms with E-state index in [0.29, 0.717) is 70.5 Å².